The lowest BCUT2D eigenvalue weighted by atomic mass is 10.1. The van der Waals surface area contributed by atoms with Crippen molar-refractivity contribution in [1.82, 2.24) is 9.55 Å². The Balaban J connectivity index is 2.02. The molecule has 0 unspecified atom stereocenters. The van der Waals surface area contributed by atoms with E-state index < -0.39 is 7.60 Å². The lowest BCUT2D eigenvalue weighted by Crippen LogP contribution is -2.09. The molecule has 0 spiro atoms. The van der Waals surface area contributed by atoms with Crippen LogP contribution in [0.3, 0.4) is 0 Å². The van der Waals surface area contributed by atoms with Crippen molar-refractivity contribution in [2.24, 2.45) is 0 Å². The third-order valence-electron chi connectivity index (χ3n) is 3.90. The van der Waals surface area contributed by atoms with Gasteiger partial charge in [0.2, 0.25) is 0 Å². The summed E-state index contributed by atoms with van der Waals surface area (Å²) in [6.45, 7) is 4.33. The summed E-state index contributed by atoms with van der Waals surface area (Å²) in [6, 6.07) is 18.0. The SMILES string of the molecule is CCOP(=O)(Cn1c(Cc2ccccc2)nc2ccccc21)OCC. The predicted molar refractivity (Wildman–Crippen MR) is 99.8 cm³/mol. The topological polar surface area (TPSA) is 53.4 Å². The summed E-state index contributed by atoms with van der Waals surface area (Å²) in [5.74, 6) is 0.854. The normalized spacial score (nSPS) is 11.9. The monoisotopic (exact) mass is 358 g/mol. The van der Waals surface area contributed by atoms with Crippen LogP contribution in [-0.4, -0.2) is 22.8 Å². The number of aromatic nitrogens is 2. The lowest BCUT2D eigenvalue weighted by molar-refractivity contribution is 0.214. The second-order valence-electron chi connectivity index (χ2n) is 5.70. The molecule has 0 radical (unpaired) electrons. The smallest absolute Gasteiger partial charge is 0.315 e. The number of para-hydroxylation sites is 2. The Labute approximate surface area is 148 Å². The molecule has 0 saturated heterocycles. The van der Waals surface area contributed by atoms with E-state index in [9.17, 15) is 4.57 Å². The van der Waals surface area contributed by atoms with E-state index in [1.807, 2.05) is 60.9 Å². The first-order valence-corrected chi connectivity index (χ1v) is 10.2. The zero-order valence-electron chi connectivity index (χ0n) is 14.6. The fourth-order valence-electron chi connectivity index (χ4n) is 2.88. The van der Waals surface area contributed by atoms with Crippen LogP contribution in [0.1, 0.15) is 25.2 Å². The molecule has 0 amide bonds. The molecule has 1 heterocycles. The summed E-state index contributed by atoms with van der Waals surface area (Å²) in [4.78, 5) is 4.74. The predicted octanol–water partition coefficient (Wildman–Crippen LogP) is 4.85. The number of benzene rings is 2. The number of hydrogen-bond acceptors (Lipinski definition) is 4. The van der Waals surface area contributed by atoms with Crippen LogP contribution in [0.2, 0.25) is 0 Å². The molecule has 0 fully saturated rings. The van der Waals surface area contributed by atoms with Gasteiger partial charge in [-0.1, -0.05) is 42.5 Å². The zero-order chi connectivity index (χ0) is 17.7. The molecule has 0 bridgehead atoms. The van der Waals surface area contributed by atoms with Gasteiger partial charge < -0.3 is 13.6 Å². The molecule has 0 saturated carbocycles. The van der Waals surface area contributed by atoms with Gasteiger partial charge in [0.1, 0.15) is 12.1 Å². The van der Waals surface area contributed by atoms with E-state index in [0.717, 1.165) is 22.4 Å². The van der Waals surface area contributed by atoms with E-state index >= 15 is 0 Å². The second-order valence-corrected chi connectivity index (χ2v) is 7.72. The Hall–Kier alpha value is -1.94. The maximum absolute atomic E-state index is 13.0. The van der Waals surface area contributed by atoms with Crippen LogP contribution in [0.5, 0.6) is 0 Å². The minimum atomic E-state index is -3.22. The number of rotatable bonds is 8. The summed E-state index contributed by atoms with van der Waals surface area (Å²) >= 11 is 0. The zero-order valence-corrected chi connectivity index (χ0v) is 15.5. The van der Waals surface area contributed by atoms with Crippen molar-refractivity contribution in [3.8, 4) is 0 Å². The van der Waals surface area contributed by atoms with Crippen LogP contribution in [-0.2, 0) is 26.3 Å². The molecule has 3 rings (SSSR count). The quantitative estimate of drug-likeness (QED) is 0.540. The number of nitrogens with zero attached hydrogens (tertiary/aromatic N) is 2. The molecule has 6 heteroatoms. The summed E-state index contributed by atoms with van der Waals surface area (Å²) in [6.07, 6.45) is 0.825. The molecule has 25 heavy (non-hydrogen) atoms. The van der Waals surface area contributed by atoms with Crippen molar-refractivity contribution >= 4 is 18.6 Å². The third-order valence-corrected chi connectivity index (χ3v) is 5.84. The van der Waals surface area contributed by atoms with Crippen LogP contribution in [0.4, 0.5) is 0 Å². The van der Waals surface area contributed by atoms with Crippen molar-refractivity contribution < 1.29 is 13.6 Å². The van der Waals surface area contributed by atoms with Gasteiger partial charge in [0.25, 0.3) is 0 Å². The fraction of sp³-hybridized carbons (Fsp3) is 0.316. The number of hydrogen-bond donors (Lipinski definition) is 0. The Morgan fingerprint density at radius 3 is 2.28 bits per heavy atom. The summed E-state index contributed by atoms with van der Waals surface area (Å²) in [7, 11) is -3.22. The Morgan fingerprint density at radius 1 is 0.960 bits per heavy atom. The molecule has 3 aromatic rings. The highest BCUT2D eigenvalue weighted by Gasteiger charge is 2.27. The van der Waals surface area contributed by atoms with Gasteiger partial charge in [-0.25, -0.2) is 4.98 Å². The van der Waals surface area contributed by atoms with Crippen LogP contribution in [0, 0.1) is 0 Å². The number of fused-ring (bicyclic) bond motifs is 1. The van der Waals surface area contributed by atoms with Crippen molar-refractivity contribution in [1.29, 1.82) is 0 Å². The summed E-state index contributed by atoms with van der Waals surface area (Å²) in [5.41, 5.74) is 2.97. The molecule has 1 aromatic heterocycles. The maximum atomic E-state index is 13.0. The molecule has 0 N–H and O–H groups in total. The van der Waals surface area contributed by atoms with Gasteiger partial charge in [0, 0.05) is 6.42 Å². The Bertz CT molecular complexity index is 867. The Kier molecular flexibility index (Phi) is 5.69. The first-order valence-electron chi connectivity index (χ1n) is 8.51. The van der Waals surface area contributed by atoms with E-state index in [1.165, 1.54) is 0 Å². The van der Waals surface area contributed by atoms with E-state index in [2.05, 4.69) is 12.1 Å². The van der Waals surface area contributed by atoms with Gasteiger partial charge >= 0.3 is 7.60 Å². The van der Waals surface area contributed by atoms with Gasteiger partial charge in [0.15, 0.2) is 0 Å². The molecule has 0 atom stereocenters. The molecule has 0 aliphatic heterocycles. The first kappa shape index (κ1) is 17.9. The van der Waals surface area contributed by atoms with Gasteiger partial charge in [-0.2, -0.15) is 0 Å². The average molecular weight is 358 g/mol. The highest BCUT2D eigenvalue weighted by atomic mass is 31.2. The third kappa shape index (κ3) is 4.18. The number of imidazole rings is 1. The van der Waals surface area contributed by atoms with Crippen molar-refractivity contribution in [2.45, 2.75) is 26.6 Å². The van der Waals surface area contributed by atoms with E-state index in [1.54, 1.807) is 0 Å². The molecule has 5 nitrogen and oxygen atoms in total. The van der Waals surface area contributed by atoms with Crippen LogP contribution >= 0.6 is 7.60 Å². The van der Waals surface area contributed by atoms with Gasteiger partial charge in [-0.3, -0.25) is 4.57 Å². The van der Waals surface area contributed by atoms with Crippen LogP contribution < -0.4 is 0 Å². The maximum Gasteiger partial charge on any atom is 0.350 e. The first-order chi connectivity index (χ1) is 12.1. The highest BCUT2D eigenvalue weighted by Crippen LogP contribution is 2.50. The lowest BCUT2D eigenvalue weighted by Gasteiger charge is -2.19. The minimum absolute atomic E-state index is 0.164. The largest absolute Gasteiger partial charge is 0.350 e. The molecule has 0 aliphatic carbocycles. The molecular formula is C19H23N2O3P. The van der Waals surface area contributed by atoms with Crippen molar-refractivity contribution in [3.63, 3.8) is 0 Å². The van der Waals surface area contributed by atoms with Gasteiger partial charge in [-0.05, 0) is 31.5 Å². The van der Waals surface area contributed by atoms with Crippen molar-refractivity contribution in [2.75, 3.05) is 13.2 Å². The average Bonchev–Trinajstić information content (AvgIpc) is 2.93. The summed E-state index contributed by atoms with van der Waals surface area (Å²) < 4.78 is 26.0. The van der Waals surface area contributed by atoms with E-state index in [-0.39, 0.29) is 6.29 Å². The molecule has 132 valence electrons. The van der Waals surface area contributed by atoms with Crippen molar-refractivity contribution in [3.05, 3.63) is 66.0 Å². The van der Waals surface area contributed by atoms with Gasteiger partial charge in [0.05, 0.1) is 24.2 Å². The fourth-order valence-corrected chi connectivity index (χ4v) is 4.57. The van der Waals surface area contributed by atoms with Crippen LogP contribution in [0.15, 0.2) is 54.6 Å². The van der Waals surface area contributed by atoms with Crippen LogP contribution in [0.25, 0.3) is 11.0 Å². The van der Waals surface area contributed by atoms with Gasteiger partial charge in [-0.15, -0.1) is 0 Å². The minimum Gasteiger partial charge on any atom is -0.315 e. The Morgan fingerprint density at radius 2 is 1.60 bits per heavy atom. The second kappa shape index (κ2) is 7.96. The summed E-state index contributed by atoms with van der Waals surface area (Å²) in [5, 5.41) is 0. The van der Waals surface area contributed by atoms with E-state index in [4.69, 9.17) is 14.0 Å². The highest BCUT2D eigenvalue weighted by molar-refractivity contribution is 7.52. The molecular weight excluding hydrogens is 335 g/mol. The molecule has 0 aliphatic rings. The standard InChI is InChI=1S/C19H23N2O3P/c1-3-23-25(22,24-4-2)15-21-18-13-9-8-12-17(18)20-19(21)14-16-10-6-5-7-11-16/h5-13H,3-4,14-15H2,1-2H3. The molecule has 2 aromatic carbocycles. The van der Waals surface area contributed by atoms with E-state index in [0.29, 0.717) is 19.6 Å².